The van der Waals surface area contributed by atoms with E-state index < -0.39 is 10.9 Å². The van der Waals surface area contributed by atoms with Crippen LogP contribution in [-0.2, 0) is 0 Å². The third-order valence-electron chi connectivity index (χ3n) is 2.77. The van der Waals surface area contributed by atoms with Crippen molar-refractivity contribution in [2.45, 2.75) is 0 Å². The average Bonchev–Trinajstić information content (AvgIpc) is 2.36. The van der Waals surface area contributed by atoms with Crippen LogP contribution in [0.1, 0.15) is 10.4 Å². The first-order valence-corrected chi connectivity index (χ1v) is 5.88. The zero-order chi connectivity index (χ0) is 15.0. The van der Waals surface area contributed by atoms with Gasteiger partial charge in [0.2, 0.25) is 0 Å². The number of hydrogen-bond acceptors (Lipinski definition) is 5. The fourth-order valence-electron chi connectivity index (χ4n) is 1.98. The Balaban J connectivity index is 2.94. The average molecular weight is 296 g/mol. The lowest BCUT2D eigenvalue weighted by Crippen LogP contribution is -2.15. The normalized spacial score (nSPS) is 10.6. The summed E-state index contributed by atoms with van der Waals surface area (Å²) in [7, 11) is 3.29. The van der Waals surface area contributed by atoms with Gasteiger partial charge in [-0.05, 0) is 0 Å². The van der Waals surface area contributed by atoms with E-state index in [1.165, 1.54) is 18.3 Å². The number of carboxylic acid groups (broad SMARTS) is 1. The first kappa shape index (κ1) is 14.0. The Bertz CT molecular complexity index is 730. The highest BCUT2D eigenvalue weighted by Gasteiger charge is 2.20. The number of carbonyl (C=O) groups is 1. The number of nitrogens with zero attached hydrogens (tertiary/aromatic N) is 3. The van der Waals surface area contributed by atoms with Crippen molar-refractivity contribution < 1.29 is 14.8 Å². The highest BCUT2D eigenvalue weighted by Crippen LogP contribution is 2.35. The van der Waals surface area contributed by atoms with Crippen LogP contribution in [0.4, 0.5) is 11.4 Å². The van der Waals surface area contributed by atoms with Crippen molar-refractivity contribution in [1.29, 1.82) is 0 Å². The number of pyridine rings is 1. The molecule has 0 bridgehead atoms. The van der Waals surface area contributed by atoms with Gasteiger partial charge in [-0.15, -0.1) is 0 Å². The standard InChI is InChI=1S/C12H10ClN3O4/c1-15(2)11-7-3-6(16(19)20)4-9(13)10(7)14-5-8(11)12(17)18/h3-5H,1-2H3,(H,17,18). The zero-order valence-electron chi connectivity index (χ0n) is 10.6. The van der Waals surface area contributed by atoms with E-state index in [2.05, 4.69) is 4.98 Å². The van der Waals surface area contributed by atoms with E-state index in [4.69, 9.17) is 11.6 Å². The minimum atomic E-state index is -1.16. The van der Waals surface area contributed by atoms with Crippen molar-refractivity contribution in [3.05, 3.63) is 39.0 Å². The van der Waals surface area contributed by atoms with Crippen molar-refractivity contribution in [3.8, 4) is 0 Å². The van der Waals surface area contributed by atoms with E-state index in [0.717, 1.165) is 0 Å². The van der Waals surface area contributed by atoms with Gasteiger partial charge >= 0.3 is 5.97 Å². The van der Waals surface area contributed by atoms with Crippen molar-refractivity contribution >= 4 is 39.8 Å². The topological polar surface area (TPSA) is 96.6 Å². The van der Waals surface area contributed by atoms with Gasteiger partial charge in [-0.2, -0.15) is 0 Å². The molecule has 104 valence electrons. The summed E-state index contributed by atoms with van der Waals surface area (Å²) < 4.78 is 0. The first-order valence-electron chi connectivity index (χ1n) is 5.50. The molecule has 0 radical (unpaired) electrons. The monoisotopic (exact) mass is 295 g/mol. The lowest BCUT2D eigenvalue weighted by Gasteiger charge is -2.18. The summed E-state index contributed by atoms with van der Waals surface area (Å²) in [5.74, 6) is -1.16. The fourth-order valence-corrected chi connectivity index (χ4v) is 2.24. The Labute approximate surface area is 118 Å². The number of benzene rings is 1. The van der Waals surface area contributed by atoms with Gasteiger partial charge < -0.3 is 10.0 Å². The van der Waals surface area contributed by atoms with Crippen LogP contribution in [0, 0.1) is 10.1 Å². The predicted octanol–water partition coefficient (Wildman–Crippen LogP) is 2.56. The molecule has 0 fully saturated rings. The van der Waals surface area contributed by atoms with Crippen molar-refractivity contribution in [2.24, 2.45) is 0 Å². The number of aromatic nitrogens is 1. The van der Waals surface area contributed by atoms with Crippen molar-refractivity contribution in [1.82, 2.24) is 4.98 Å². The Hall–Kier alpha value is -2.41. The number of non-ortho nitro benzene ring substituents is 1. The minimum Gasteiger partial charge on any atom is -0.478 e. The summed E-state index contributed by atoms with van der Waals surface area (Å²) in [5, 5.41) is 20.5. The summed E-state index contributed by atoms with van der Waals surface area (Å²) in [6.45, 7) is 0. The molecule has 2 rings (SSSR count). The number of rotatable bonds is 3. The van der Waals surface area contributed by atoms with Crippen molar-refractivity contribution in [3.63, 3.8) is 0 Å². The third kappa shape index (κ3) is 2.23. The van der Waals surface area contributed by atoms with Gasteiger partial charge in [-0.1, -0.05) is 11.6 Å². The SMILES string of the molecule is CN(C)c1c(C(=O)O)cnc2c(Cl)cc([N+](=O)[O-])cc12. The number of fused-ring (bicyclic) bond motifs is 1. The summed E-state index contributed by atoms with van der Waals surface area (Å²) in [6, 6.07) is 2.47. The van der Waals surface area contributed by atoms with Crippen LogP contribution in [0.3, 0.4) is 0 Å². The number of aromatic carboxylic acids is 1. The molecule has 7 nitrogen and oxygen atoms in total. The maximum absolute atomic E-state index is 11.2. The molecule has 2 aromatic rings. The molecule has 0 aliphatic heterocycles. The molecule has 0 amide bonds. The van der Waals surface area contributed by atoms with Gasteiger partial charge in [0.05, 0.1) is 21.2 Å². The lowest BCUT2D eigenvalue weighted by molar-refractivity contribution is -0.384. The van der Waals surface area contributed by atoms with Crippen LogP contribution in [0.2, 0.25) is 5.02 Å². The van der Waals surface area contributed by atoms with Crippen molar-refractivity contribution in [2.75, 3.05) is 19.0 Å². The van der Waals surface area contributed by atoms with E-state index in [1.807, 2.05) is 0 Å². The molecule has 1 aromatic heterocycles. The Morgan fingerprint density at radius 2 is 2.10 bits per heavy atom. The van der Waals surface area contributed by atoms with Crippen LogP contribution < -0.4 is 4.90 Å². The summed E-state index contributed by atoms with van der Waals surface area (Å²) in [5.41, 5.74) is 0.396. The smallest absolute Gasteiger partial charge is 0.339 e. The van der Waals surface area contributed by atoms with E-state index >= 15 is 0 Å². The second-order valence-electron chi connectivity index (χ2n) is 4.30. The Morgan fingerprint density at radius 1 is 1.45 bits per heavy atom. The van der Waals surface area contributed by atoms with Gasteiger partial charge in [0, 0.05) is 37.8 Å². The summed E-state index contributed by atoms with van der Waals surface area (Å²) >= 11 is 5.98. The number of carboxylic acids is 1. The molecule has 8 heteroatoms. The molecular weight excluding hydrogens is 286 g/mol. The minimum absolute atomic E-state index is 0.0425. The molecule has 0 saturated carbocycles. The zero-order valence-corrected chi connectivity index (χ0v) is 11.4. The predicted molar refractivity (Wildman–Crippen MR) is 74.7 cm³/mol. The number of nitro benzene ring substituents is 1. The molecule has 0 atom stereocenters. The van der Waals surface area contributed by atoms with Gasteiger partial charge in [0.25, 0.3) is 5.69 Å². The lowest BCUT2D eigenvalue weighted by atomic mass is 10.1. The summed E-state index contributed by atoms with van der Waals surface area (Å²) in [6.07, 6.45) is 1.19. The Morgan fingerprint density at radius 3 is 2.60 bits per heavy atom. The number of anilines is 1. The molecule has 0 unspecified atom stereocenters. The second-order valence-corrected chi connectivity index (χ2v) is 4.71. The second kappa shape index (κ2) is 4.93. The number of hydrogen-bond donors (Lipinski definition) is 1. The van der Waals surface area contributed by atoms with Crippen LogP contribution in [0.15, 0.2) is 18.3 Å². The third-order valence-corrected chi connectivity index (χ3v) is 3.06. The number of nitro groups is 1. The highest BCUT2D eigenvalue weighted by molar-refractivity contribution is 6.35. The molecule has 1 aromatic carbocycles. The largest absolute Gasteiger partial charge is 0.478 e. The highest BCUT2D eigenvalue weighted by atomic mass is 35.5. The number of halogens is 1. The van der Waals surface area contributed by atoms with Gasteiger partial charge in [-0.25, -0.2) is 4.79 Å². The molecule has 0 aliphatic rings. The van der Waals surface area contributed by atoms with Gasteiger partial charge in [0.1, 0.15) is 5.56 Å². The van der Waals surface area contributed by atoms with Crippen LogP contribution in [-0.4, -0.2) is 35.1 Å². The van der Waals surface area contributed by atoms with E-state index in [1.54, 1.807) is 19.0 Å². The van der Waals surface area contributed by atoms with E-state index in [-0.39, 0.29) is 16.3 Å². The van der Waals surface area contributed by atoms with Crippen LogP contribution in [0.25, 0.3) is 10.9 Å². The van der Waals surface area contributed by atoms with E-state index in [9.17, 15) is 20.0 Å². The summed E-state index contributed by atoms with van der Waals surface area (Å²) in [4.78, 5) is 27.1. The van der Waals surface area contributed by atoms with Crippen LogP contribution in [0.5, 0.6) is 0 Å². The molecule has 0 saturated heterocycles. The van der Waals surface area contributed by atoms with Crippen LogP contribution >= 0.6 is 11.6 Å². The molecular formula is C12H10ClN3O4. The maximum atomic E-state index is 11.2. The maximum Gasteiger partial charge on any atom is 0.339 e. The van der Waals surface area contributed by atoms with E-state index in [0.29, 0.717) is 16.6 Å². The van der Waals surface area contributed by atoms with Gasteiger partial charge in [0.15, 0.2) is 0 Å². The molecule has 0 aliphatic carbocycles. The molecule has 1 N–H and O–H groups in total. The fraction of sp³-hybridized carbons (Fsp3) is 0.167. The first-order chi connectivity index (χ1) is 9.32. The van der Waals surface area contributed by atoms with Gasteiger partial charge in [-0.3, -0.25) is 15.1 Å². The molecule has 1 heterocycles. The quantitative estimate of drug-likeness (QED) is 0.690. The molecule has 0 spiro atoms. The Kier molecular flexibility index (Phi) is 3.46. The molecule has 20 heavy (non-hydrogen) atoms.